The van der Waals surface area contributed by atoms with Gasteiger partial charge in [-0.1, -0.05) is 55.3 Å². The van der Waals surface area contributed by atoms with E-state index in [1.165, 1.54) is 0 Å². The van der Waals surface area contributed by atoms with Crippen LogP contribution >= 0.6 is 24.0 Å². The molecule has 4 rings (SSSR count). The zero-order valence-electron chi connectivity index (χ0n) is 16.1. The van der Waals surface area contributed by atoms with Crippen LogP contribution in [-0.2, 0) is 13.5 Å². The minimum absolute atomic E-state index is 0. The first-order valence-electron chi connectivity index (χ1n) is 9.11. The number of rotatable bonds is 5. The lowest BCUT2D eigenvalue weighted by Crippen LogP contribution is -2.02. The number of aromatic hydroxyl groups is 1. The van der Waals surface area contributed by atoms with Crippen LogP contribution in [0.4, 0.5) is 11.5 Å². The van der Waals surface area contributed by atoms with Gasteiger partial charge in [-0.3, -0.25) is 4.68 Å². The Bertz CT molecular complexity index is 1140. The van der Waals surface area contributed by atoms with Crippen molar-refractivity contribution < 1.29 is 5.11 Å². The molecule has 8 heteroatoms. The molecule has 0 atom stereocenters. The fourth-order valence-electron chi connectivity index (χ4n) is 3.17. The third-order valence-electron chi connectivity index (χ3n) is 4.48. The molecule has 0 saturated carbocycles. The van der Waals surface area contributed by atoms with Crippen LogP contribution in [0.15, 0.2) is 48.5 Å². The number of aromatic nitrogens is 4. The molecule has 0 aliphatic carbocycles. The summed E-state index contributed by atoms with van der Waals surface area (Å²) in [5.41, 5.74) is 4.27. The van der Waals surface area contributed by atoms with Crippen LogP contribution in [0.1, 0.15) is 19.0 Å². The number of phenolic OH excluding ortho intramolecular Hbond substituents is 1. The Morgan fingerprint density at radius 3 is 2.55 bits per heavy atom. The molecule has 0 spiro atoms. The van der Waals surface area contributed by atoms with Crippen LogP contribution in [0.25, 0.3) is 22.4 Å². The van der Waals surface area contributed by atoms with E-state index in [9.17, 15) is 5.11 Å². The number of hydrogen-bond donors (Lipinski definition) is 2. The minimum Gasteiger partial charge on any atom is -0.506 e. The van der Waals surface area contributed by atoms with Gasteiger partial charge >= 0.3 is 0 Å². The first-order valence-corrected chi connectivity index (χ1v) is 9.49. The standard InChI is InChI=1S/C21H20ClN5O.ClH/c1-3-7-16-18-19(27(2)26-16)21(23-14-10-11-17(28)15(22)12-14)25-20(24-18)13-8-5-4-6-9-13;/h4-6,8-12,28H,3,7H2,1-2H3,(H,23,24,25);1H. The molecule has 0 fully saturated rings. The summed E-state index contributed by atoms with van der Waals surface area (Å²) in [5, 5.41) is 17.9. The quantitative estimate of drug-likeness (QED) is 0.409. The van der Waals surface area contributed by atoms with Gasteiger partial charge in [0.05, 0.1) is 10.7 Å². The SMILES string of the molecule is CCCc1nn(C)c2c(Nc3ccc(O)c(Cl)c3)nc(-c3ccccc3)nc12.Cl. The van der Waals surface area contributed by atoms with Crippen LogP contribution in [0.5, 0.6) is 5.75 Å². The van der Waals surface area contributed by atoms with Crippen molar-refractivity contribution in [3.8, 4) is 17.1 Å². The summed E-state index contributed by atoms with van der Waals surface area (Å²) < 4.78 is 1.81. The van der Waals surface area contributed by atoms with Crippen molar-refractivity contribution in [3.63, 3.8) is 0 Å². The average molecular weight is 430 g/mol. The molecule has 0 saturated heterocycles. The summed E-state index contributed by atoms with van der Waals surface area (Å²) >= 11 is 6.06. The van der Waals surface area contributed by atoms with Crippen molar-refractivity contribution in [2.75, 3.05) is 5.32 Å². The molecular weight excluding hydrogens is 409 g/mol. The van der Waals surface area contributed by atoms with E-state index in [0.717, 1.165) is 40.8 Å². The molecule has 2 heterocycles. The molecule has 0 radical (unpaired) electrons. The third-order valence-corrected chi connectivity index (χ3v) is 4.78. The topological polar surface area (TPSA) is 75.9 Å². The first-order chi connectivity index (χ1) is 13.6. The summed E-state index contributed by atoms with van der Waals surface area (Å²) in [4.78, 5) is 9.58. The molecule has 0 aliphatic heterocycles. The summed E-state index contributed by atoms with van der Waals surface area (Å²) in [6.07, 6.45) is 1.82. The molecular formula is C21H21Cl2N5O. The van der Waals surface area contributed by atoms with Crippen molar-refractivity contribution in [2.24, 2.45) is 7.05 Å². The number of nitrogens with zero attached hydrogens (tertiary/aromatic N) is 4. The van der Waals surface area contributed by atoms with E-state index in [4.69, 9.17) is 21.6 Å². The number of aryl methyl sites for hydroxylation is 2. The second-order valence-electron chi connectivity index (χ2n) is 6.57. The zero-order chi connectivity index (χ0) is 19.7. The van der Waals surface area contributed by atoms with Gasteiger partial charge in [-0.2, -0.15) is 5.10 Å². The summed E-state index contributed by atoms with van der Waals surface area (Å²) in [7, 11) is 1.89. The molecule has 2 N–H and O–H groups in total. The highest BCUT2D eigenvalue weighted by atomic mass is 35.5. The maximum Gasteiger partial charge on any atom is 0.162 e. The molecule has 2 aromatic heterocycles. The van der Waals surface area contributed by atoms with Gasteiger partial charge in [0.2, 0.25) is 0 Å². The lowest BCUT2D eigenvalue weighted by molar-refractivity contribution is 0.475. The van der Waals surface area contributed by atoms with E-state index in [2.05, 4.69) is 17.3 Å². The molecule has 4 aromatic rings. The average Bonchev–Trinajstić information content (AvgIpc) is 3.01. The number of phenols is 1. The highest BCUT2D eigenvalue weighted by molar-refractivity contribution is 6.32. The van der Waals surface area contributed by atoms with Crippen molar-refractivity contribution in [3.05, 3.63) is 59.2 Å². The van der Waals surface area contributed by atoms with Crippen LogP contribution < -0.4 is 5.32 Å². The molecule has 0 amide bonds. The second-order valence-corrected chi connectivity index (χ2v) is 6.98. The largest absolute Gasteiger partial charge is 0.506 e. The van der Waals surface area contributed by atoms with Crippen LogP contribution in [0.3, 0.4) is 0 Å². The molecule has 0 aliphatic rings. The van der Waals surface area contributed by atoms with Crippen molar-refractivity contribution in [1.29, 1.82) is 0 Å². The maximum atomic E-state index is 9.68. The highest BCUT2D eigenvalue weighted by Gasteiger charge is 2.18. The number of hydrogen-bond acceptors (Lipinski definition) is 5. The minimum atomic E-state index is 0. The number of fused-ring (bicyclic) bond motifs is 1. The third kappa shape index (κ3) is 4.13. The number of halogens is 2. The Hall–Kier alpha value is -2.83. The smallest absolute Gasteiger partial charge is 0.162 e. The maximum absolute atomic E-state index is 9.68. The van der Waals surface area contributed by atoms with Crippen LogP contribution in [0, 0.1) is 0 Å². The fraction of sp³-hybridized carbons (Fsp3) is 0.190. The molecule has 0 bridgehead atoms. The Morgan fingerprint density at radius 2 is 1.86 bits per heavy atom. The predicted octanol–water partition coefficient (Wildman–Crippen LogP) is 5.51. The molecule has 29 heavy (non-hydrogen) atoms. The van der Waals surface area contributed by atoms with E-state index in [0.29, 0.717) is 11.6 Å². The van der Waals surface area contributed by atoms with Crippen molar-refractivity contribution >= 4 is 46.5 Å². The lowest BCUT2D eigenvalue weighted by Gasteiger charge is -2.11. The summed E-state index contributed by atoms with van der Waals surface area (Å²) in [6, 6.07) is 14.8. The Labute approximate surface area is 180 Å². The van der Waals surface area contributed by atoms with E-state index in [1.807, 2.05) is 37.4 Å². The molecule has 2 aromatic carbocycles. The van der Waals surface area contributed by atoms with Gasteiger partial charge in [0, 0.05) is 18.3 Å². The zero-order valence-corrected chi connectivity index (χ0v) is 17.6. The predicted molar refractivity (Wildman–Crippen MR) is 119 cm³/mol. The molecule has 6 nitrogen and oxygen atoms in total. The van der Waals surface area contributed by atoms with E-state index < -0.39 is 0 Å². The van der Waals surface area contributed by atoms with Gasteiger partial charge in [-0.15, -0.1) is 12.4 Å². The van der Waals surface area contributed by atoms with Gasteiger partial charge in [-0.05, 0) is 24.6 Å². The number of benzene rings is 2. The number of anilines is 2. The van der Waals surface area contributed by atoms with Gasteiger partial charge < -0.3 is 10.4 Å². The molecule has 150 valence electrons. The van der Waals surface area contributed by atoms with Crippen molar-refractivity contribution in [1.82, 2.24) is 19.7 Å². The molecule has 0 unspecified atom stereocenters. The van der Waals surface area contributed by atoms with E-state index >= 15 is 0 Å². The number of nitrogens with one attached hydrogen (secondary N) is 1. The Kier molecular flexibility index (Phi) is 6.25. The van der Waals surface area contributed by atoms with Crippen LogP contribution in [0.2, 0.25) is 5.02 Å². The van der Waals surface area contributed by atoms with Crippen molar-refractivity contribution in [2.45, 2.75) is 19.8 Å². The van der Waals surface area contributed by atoms with E-state index in [-0.39, 0.29) is 23.2 Å². The lowest BCUT2D eigenvalue weighted by atomic mass is 10.2. The van der Waals surface area contributed by atoms with Crippen LogP contribution in [-0.4, -0.2) is 24.9 Å². The van der Waals surface area contributed by atoms with E-state index in [1.54, 1.807) is 22.9 Å². The Balaban J connectivity index is 0.00000240. The van der Waals surface area contributed by atoms with Gasteiger partial charge in [0.25, 0.3) is 0 Å². The van der Waals surface area contributed by atoms with Gasteiger partial charge in [0.15, 0.2) is 11.6 Å². The van der Waals surface area contributed by atoms with Gasteiger partial charge in [0.1, 0.15) is 16.8 Å². The summed E-state index contributed by atoms with van der Waals surface area (Å²) in [5.74, 6) is 1.31. The fourth-order valence-corrected chi connectivity index (χ4v) is 3.35. The Morgan fingerprint density at radius 1 is 1.10 bits per heavy atom. The first kappa shape index (κ1) is 20.9. The highest BCUT2D eigenvalue weighted by Crippen LogP contribution is 2.32. The normalized spacial score (nSPS) is 10.7. The second kappa shape index (κ2) is 8.68. The van der Waals surface area contributed by atoms with Gasteiger partial charge in [-0.25, -0.2) is 9.97 Å². The summed E-state index contributed by atoms with van der Waals surface area (Å²) in [6.45, 7) is 2.12. The monoisotopic (exact) mass is 429 g/mol.